The zero-order valence-electron chi connectivity index (χ0n) is 10.7. The third-order valence-electron chi connectivity index (χ3n) is 3.79. The maximum absolute atomic E-state index is 5.44. The molecule has 2 aliphatic rings. The molecule has 0 aromatic carbocycles. The number of hydrogen-bond acceptors (Lipinski definition) is 4. The summed E-state index contributed by atoms with van der Waals surface area (Å²) in [6.45, 7) is 0. The molecule has 2 fully saturated rings. The number of aromatic nitrogens is 2. The number of aromatic amines is 1. The van der Waals surface area contributed by atoms with E-state index < -0.39 is 0 Å². The van der Waals surface area contributed by atoms with Crippen molar-refractivity contribution in [3.05, 3.63) is 20.6 Å². The number of thioether (sulfide) groups is 2. The van der Waals surface area contributed by atoms with Crippen LogP contribution in [0.4, 0.5) is 0 Å². The van der Waals surface area contributed by atoms with Crippen molar-refractivity contribution in [3.63, 3.8) is 0 Å². The molecule has 0 radical (unpaired) electrons. The molecule has 19 heavy (non-hydrogen) atoms. The highest BCUT2D eigenvalue weighted by atomic mass is 79.9. The highest BCUT2D eigenvalue weighted by molar-refractivity contribution is 9.10. The van der Waals surface area contributed by atoms with Crippen LogP contribution in [0.1, 0.15) is 48.4 Å². The number of rotatable bonds is 2. The van der Waals surface area contributed by atoms with Gasteiger partial charge in [-0.3, -0.25) is 0 Å². The van der Waals surface area contributed by atoms with E-state index in [1.165, 1.54) is 42.9 Å². The van der Waals surface area contributed by atoms with Crippen LogP contribution in [0, 0.1) is 4.64 Å². The van der Waals surface area contributed by atoms with Crippen molar-refractivity contribution in [2.24, 2.45) is 0 Å². The fraction of sp³-hybridized carbons (Fsp3) is 0.692. The van der Waals surface area contributed by atoms with Crippen LogP contribution in [0.15, 0.2) is 4.47 Å². The zero-order valence-corrected chi connectivity index (χ0v) is 14.7. The lowest BCUT2D eigenvalue weighted by molar-refractivity contribution is 0.677. The molecular formula is C13H17BrN2S3. The van der Waals surface area contributed by atoms with Gasteiger partial charge >= 0.3 is 0 Å². The summed E-state index contributed by atoms with van der Waals surface area (Å²) >= 11 is 13.1. The summed E-state index contributed by atoms with van der Waals surface area (Å²) < 4.78 is 1.75. The highest BCUT2D eigenvalue weighted by Gasteiger charge is 2.24. The number of H-pyrrole nitrogens is 1. The first-order valence-electron chi connectivity index (χ1n) is 6.74. The fourth-order valence-corrected chi connectivity index (χ4v) is 6.13. The Kier molecular flexibility index (Phi) is 4.93. The molecule has 0 amide bonds. The van der Waals surface area contributed by atoms with Gasteiger partial charge in [-0.25, -0.2) is 4.98 Å². The van der Waals surface area contributed by atoms with Crippen LogP contribution >= 0.6 is 51.7 Å². The number of nitrogens with zero attached hydrogens (tertiary/aromatic N) is 1. The summed E-state index contributed by atoms with van der Waals surface area (Å²) in [7, 11) is 0. The first-order chi connectivity index (χ1) is 9.25. The third-order valence-corrected chi connectivity index (χ3v) is 7.92. The quantitative estimate of drug-likeness (QED) is 0.728. The van der Waals surface area contributed by atoms with E-state index >= 15 is 0 Å². The van der Waals surface area contributed by atoms with Gasteiger partial charge in [-0.1, -0.05) is 25.1 Å². The van der Waals surface area contributed by atoms with Crippen molar-refractivity contribution < 1.29 is 0 Å². The van der Waals surface area contributed by atoms with E-state index in [1.807, 2.05) is 23.5 Å². The second kappa shape index (κ2) is 6.50. The van der Waals surface area contributed by atoms with Crippen LogP contribution in [0.25, 0.3) is 0 Å². The normalized spacial score (nSPS) is 24.8. The van der Waals surface area contributed by atoms with Gasteiger partial charge in [-0.2, -0.15) is 11.8 Å². The minimum absolute atomic E-state index is 0.480. The van der Waals surface area contributed by atoms with E-state index in [9.17, 15) is 0 Å². The predicted molar refractivity (Wildman–Crippen MR) is 90.9 cm³/mol. The summed E-state index contributed by atoms with van der Waals surface area (Å²) in [5.74, 6) is 5.35. The zero-order chi connectivity index (χ0) is 13.2. The molecule has 2 nitrogen and oxygen atoms in total. The van der Waals surface area contributed by atoms with Crippen molar-refractivity contribution in [1.82, 2.24) is 9.97 Å². The Labute approximate surface area is 136 Å². The van der Waals surface area contributed by atoms with Gasteiger partial charge in [0.1, 0.15) is 10.5 Å². The minimum atomic E-state index is 0.480. The summed E-state index contributed by atoms with van der Waals surface area (Å²) in [5.41, 5.74) is 1.30. The maximum Gasteiger partial charge on any atom is 0.144 e. The van der Waals surface area contributed by atoms with Gasteiger partial charge in [0.2, 0.25) is 0 Å². The monoisotopic (exact) mass is 376 g/mol. The summed E-state index contributed by atoms with van der Waals surface area (Å²) in [5, 5.41) is 0.480. The summed E-state index contributed by atoms with van der Waals surface area (Å²) in [4.78, 5) is 8.21. The van der Waals surface area contributed by atoms with Gasteiger partial charge in [0.05, 0.1) is 9.72 Å². The molecule has 1 aliphatic heterocycles. The molecule has 2 heterocycles. The molecule has 1 aliphatic carbocycles. The first-order valence-corrected chi connectivity index (χ1v) is 10.1. The van der Waals surface area contributed by atoms with E-state index in [2.05, 4.69) is 25.9 Å². The average Bonchev–Trinajstić information content (AvgIpc) is 2.96. The lowest BCUT2D eigenvalue weighted by Crippen LogP contribution is -2.13. The van der Waals surface area contributed by atoms with Gasteiger partial charge < -0.3 is 4.98 Å². The lowest BCUT2D eigenvalue weighted by Gasteiger charge is -2.22. The van der Waals surface area contributed by atoms with E-state index in [4.69, 9.17) is 12.2 Å². The average molecular weight is 377 g/mol. The first kappa shape index (κ1) is 14.4. The summed E-state index contributed by atoms with van der Waals surface area (Å²) in [6.07, 6.45) is 5.23. The van der Waals surface area contributed by atoms with Crippen molar-refractivity contribution >= 4 is 51.7 Å². The van der Waals surface area contributed by atoms with Gasteiger partial charge in [0, 0.05) is 28.9 Å². The van der Waals surface area contributed by atoms with Gasteiger partial charge in [0.15, 0.2) is 0 Å². The maximum atomic E-state index is 5.44. The van der Waals surface area contributed by atoms with E-state index in [0.29, 0.717) is 11.2 Å². The molecule has 6 heteroatoms. The molecule has 1 unspecified atom stereocenters. The third kappa shape index (κ3) is 3.22. The lowest BCUT2D eigenvalue weighted by atomic mass is 10.0. The largest absolute Gasteiger partial charge is 0.345 e. The number of hydrogen-bond donors (Lipinski definition) is 1. The molecule has 3 rings (SSSR count). The van der Waals surface area contributed by atoms with Crippen molar-refractivity contribution in [2.45, 2.75) is 36.9 Å². The highest BCUT2D eigenvalue weighted by Crippen LogP contribution is 2.39. The van der Waals surface area contributed by atoms with Crippen molar-refractivity contribution in [3.8, 4) is 0 Å². The van der Waals surface area contributed by atoms with Crippen LogP contribution in [0.3, 0.4) is 0 Å². The molecule has 0 spiro atoms. The van der Waals surface area contributed by atoms with Crippen LogP contribution in [0.5, 0.6) is 0 Å². The Morgan fingerprint density at radius 3 is 2.74 bits per heavy atom. The molecule has 104 valence electrons. The fourth-order valence-electron chi connectivity index (χ4n) is 2.79. The van der Waals surface area contributed by atoms with Gasteiger partial charge in [0.25, 0.3) is 0 Å². The molecule has 1 atom stereocenters. The molecule has 1 aromatic heterocycles. The second-order valence-corrected chi connectivity index (χ2v) is 8.71. The van der Waals surface area contributed by atoms with E-state index in [-0.39, 0.29) is 0 Å². The summed E-state index contributed by atoms with van der Waals surface area (Å²) in [6, 6.07) is 0. The topological polar surface area (TPSA) is 28.7 Å². The predicted octanol–water partition coefficient (Wildman–Crippen LogP) is 5.08. The van der Waals surface area contributed by atoms with Gasteiger partial charge in [-0.05, 0) is 28.8 Å². The second-order valence-electron chi connectivity index (χ2n) is 5.07. The van der Waals surface area contributed by atoms with Crippen LogP contribution in [-0.2, 0) is 0 Å². The van der Waals surface area contributed by atoms with Gasteiger partial charge in [-0.15, -0.1) is 11.8 Å². The molecule has 1 aromatic rings. The Bertz CT molecular complexity index is 505. The molecule has 0 bridgehead atoms. The van der Waals surface area contributed by atoms with Crippen molar-refractivity contribution in [2.75, 3.05) is 17.3 Å². The Morgan fingerprint density at radius 1 is 1.26 bits per heavy atom. The van der Waals surface area contributed by atoms with Crippen molar-refractivity contribution in [1.29, 1.82) is 0 Å². The Hall–Kier alpha value is 0.480. The van der Waals surface area contributed by atoms with Crippen LogP contribution in [-0.4, -0.2) is 27.2 Å². The Balaban J connectivity index is 1.94. The standard InChI is InChI=1S/C13H17BrN2S3/c14-10-11(8-3-1-2-4-8)15-12(16-13(10)17)9-7-18-5-6-19-9/h8-9H,1-7H2,(H,15,16,17). The SMILES string of the molecule is S=c1nc(C2CSCCS2)[nH]c(C2CCCC2)c1Br. The molecule has 1 saturated heterocycles. The number of nitrogens with one attached hydrogen (secondary N) is 1. The van der Waals surface area contributed by atoms with E-state index in [0.717, 1.165) is 20.7 Å². The van der Waals surface area contributed by atoms with E-state index in [1.54, 1.807) is 0 Å². The van der Waals surface area contributed by atoms with Crippen LogP contribution < -0.4 is 0 Å². The molecule has 1 N–H and O–H groups in total. The minimum Gasteiger partial charge on any atom is -0.345 e. The smallest absolute Gasteiger partial charge is 0.144 e. The molecule has 1 saturated carbocycles. The molecular weight excluding hydrogens is 360 g/mol. The van der Waals surface area contributed by atoms with Crippen LogP contribution in [0.2, 0.25) is 0 Å². The number of halogens is 1. The Morgan fingerprint density at radius 2 is 2.05 bits per heavy atom.